The Hall–Kier alpha value is -2.28. The van der Waals surface area contributed by atoms with Crippen LogP contribution in [0.4, 0.5) is 0 Å². The van der Waals surface area contributed by atoms with Gasteiger partial charge in [-0.25, -0.2) is 0 Å². The summed E-state index contributed by atoms with van der Waals surface area (Å²) in [6.45, 7) is 10.3. The highest BCUT2D eigenvalue weighted by Gasteiger charge is 2.54. The maximum Gasteiger partial charge on any atom is 0.304 e. The van der Waals surface area contributed by atoms with Gasteiger partial charge in [0.2, 0.25) is 6.29 Å². The van der Waals surface area contributed by atoms with Crippen molar-refractivity contribution in [3.63, 3.8) is 0 Å². The Bertz CT molecular complexity index is 1070. The lowest BCUT2D eigenvalue weighted by molar-refractivity contribution is -0.252. The summed E-state index contributed by atoms with van der Waals surface area (Å²) in [6.07, 6.45) is -3.79. The van der Waals surface area contributed by atoms with Crippen molar-refractivity contribution >= 4 is 59.2 Å². The minimum atomic E-state index is -2.97. The van der Waals surface area contributed by atoms with Crippen LogP contribution in [0.25, 0.3) is 0 Å². The molecular formula is C28H35IO8Si. The van der Waals surface area contributed by atoms with E-state index in [1.54, 1.807) is 0 Å². The van der Waals surface area contributed by atoms with E-state index in [0.29, 0.717) is 0 Å². The zero-order valence-corrected chi connectivity index (χ0v) is 25.7. The Morgan fingerprint density at radius 1 is 0.789 bits per heavy atom. The Morgan fingerprint density at radius 3 is 1.66 bits per heavy atom. The summed E-state index contributed by atoms with van der Waals surface area (Å²) in [5, 5.41) is 1.83. The fourth-order valence-electron chi connectivity index (χ4n) is 4.89. The molecule has 5 atom stereocenters. The molecule has 2 aromatic rings. The van der Waals surface area contributed by atoms with Gasteiger partial charge in [0.15, 0.2) is 12.2 Å². The molecule has 1 aliphatic heterocycles. The number of alkyl halides is 1. The van der Waals surface area contributed by atoms with E-state index in [9.17, 15) is 14.4 Å². The first-order chi connectivity index (χ1) is 17.9. The van der Waals surface area contributed by atoms with Crippen LogP contribution in [0.2, 0.25) is 5.04 Å². The minimum absolute atomic E-state index is 0.00408. The van der Waals surface area contributed by atoms with Crippen molar-refractivity contribution in [1.29, 1.82) is 0 Å². The Kier molecular flexibility index (Phi) is 10.1. The fourth-order valence-corrected chi connectivity index (χ4v) is 10.3. The number of carbonyl (C=O) groups excluding carboxylic acids is 3. The molecule has 1 saturated heterocycles. The molecular weight excluding hydrogens is 619 g/mol. The average Bonchev–Trinajstić information content (AvgIpc) is 2.84. The SMILES string of the molecule is CC(=O)O[C@H]1O[C@H](CO[Si](c2ccccc2)(c2ccccc2)C(C)(C)C)[C@@H](OC(C)=O)[C@H](OC(C)=O)[C@@H]1I. The second-order valence-electron chi connectivity index (χ2n) is 10.2. The smallest absolute Gasteiger partial charge is 0.304 e. The normalized spacial score (nSPS) is 23.8. The number of rotatable bonds is 8. The van der Waals surface area contributed by atoms with Gasteiger partial charge in [-0.15, -0.1) is 0 Å². The average molecular weight is 655 g/mol. The number of halogens is 1. The Balaban J connectivity index is 2.08. The zero-order valence-electron chi connectivity index (χ0n) is 22.5. The molecule has 3 rings (SSSR count). The summed E-state index contributed by atoms with van der Waals surface area (Å²) in [4.78, 5) is 36.0. The largest absolute Gasteiger partial charge is 0.457 e. The van der Waals surface area contributed by atoms with Crippen molar-refractivity contribution in [2.24, 2.45) is 0 Å². The van der Waals surface area contributed by atoms with E-state index in [4.69, 9.17) is 23.4 Å². The van der Waals surface area contributed by atoms with Gasteiger partial charge >= 0.3 is 17.9 Å². The third kappa shape index (κ3) is 6.83. The van der Waals surface area contributed by atoms with Crippen molar-refractivity contribution in [1.82, 2.24) is 0 Å². The predicted octanol–water partition coefficient (Wildman–Crippen LogP) is 3.52. The van der Waals surface area contributed by atoms with Gasteiger partial charge in [0.25, 0.3) is 8.32 Å². The predicted molar refractivity (Wildman–Crippen MR) is 153 cm³/mol. The van der Waals surface area contributed by atoms with Gasteiger partial charge in [0.1, 0.15) is 10.0 Å². The van der Waals surface area contributed by atoms with Crippen molar-refractivity contribution < 1.29 is 37.8 Å². The van der Waals surface area contributed by atoms with Gasteiger partial charge in [-0.1, -0.05) is 104 Å². The highest BCUT2D eigenvalue weighted by molar-refractivity contribution is 14.1. The number of hydrogen-bond donors (Lipinski definition) is 0. The summed E-state index contributed by atoms with van der Waals surface area (Å²) in [5.41, 5.74) is 0. The topological polar surface area (TPSA) is 97.4 Å². The van der Waals surface area contributed by atoms with Crippen LogP contribution < -0.4 is 10.4 Å². The van der Waals surface area contributed by atoms with Crippen LogP contribution in [0.3, 0.4) is 0 Å². The van der Waals surface area contributed by atoms with Crippen molar-refractivity contribution in [3.05, 3.63) is 60.7 Å². The molecule has 2 aromatic carbocycles. The van der Waals surface area contributed by atoms with Crippen LogP contribution in [-0.2, 0) is 37.8 Å². The fraction of sp³-hybridized carbons (Fsp3) is 0.464. The standard InChI is InChI=1S/C28H35IO8Si/c1-18(30)34-25-23(37-27(36-20(3)32)24(29)26(25)35-19(2)31)17-33-38(28(4,5)6,21-13-9-7-10-14-21)22-15-11-8-12-16-22/h7-16,23-27H,17H2,1-6H3/t23-,24+,25-,26-,27+/m1/s1. The summed E-state index contributed by atoms with van der Waals surface area (Å²) in [6, 6.07) is 20.2. The molecule has 1 fully saturated rings. The second kappa shape index (κ2) is 12.7. The lowest BCUT2D eigenvalue weighted by atomic mass is 10.0. The highest BCUT2D eigenvalue weighted by Crippen LogP contribution is 2.38. The third-order valence-electron chi connectivity index (χ3n) is 6.34. The van der Waals surface area contributed by atoms with E-state index in [1.165, 1.54) is 20.8 Å². The van der Waals surface area contributed by atoms with Gasteiger partial charge in [0.05, 0.1) is 6.61 Å². The molecule has 8 nitrogen and oxygen atoms in total. The lowest BCUT2D eigenvalue weighted by Gasteiger charge is -2.46. The molecule has 38 heavy (non-hydrogen) atoms. The first kappa shape index (κ1) is 30.3. The highest BCUT2D eigenvalue weighted by atomic mass is 127. The molecule has 1 heterocycles. The van der Waals surface area contributed by atoms with Gasteiger partial charge in [-0.3, -0.25) is 14.4 Å². The molecule has 0 radical (unpaired) electrons. The van der Waals surface area contributed by atoms with Crippen molar-refractivity contribution in [3.8, 4) is 0 Å². The molecule has 1 aliphatic rings. The maximum absolute atomic E-state index is 12.1. The van der Waals surface area contributed by atoms with Gasteiger partial charge < -0.3 is 23.4 Å². The van der Waals surface area contributed by atoms with Crippen LogP contribution in [-0.4, -0.2) is 61.4 Å². The molecule has 10 heteroatoms. The molecule has 0 bridgehead atoms. The van der Waals surface area contributed by atoms with Gasteiger partial charge in [0, 0.05) is 20.8 Å². The molecule has 0 N–H and O–H groups in total. The van der Waals surface area contributed by atoms with E-state index in [-0.39, 0.29) is 11.6 Å². The van der Waals surface area contributed by atoms with Crippen LogP contribution in [0, 0.1) is 0 Å². The molecule has 206 valence electrons. The summed E-state index contributed by atoms with van der Waals surface area (Å²) < 4.78 is 29.2. The van der Waals surface area contributed by atoms with Gasteiger partial charge in [-0.05, 0) is 15.4 Å². The van der Waals surface area contributed by atoms with Gasteiger partial charge in [-0.2, -0.15) is 0 Å². The minimum Gasteiger partial charge on any atom is -0.457 e. The molecule has 0 unspecified atom stereocenters. The first-order valence-corrected chi connectivity index (χ1v) is 15.6. The molecule has 0 amide bonds. The summed E-state index contributed by atoms with van der Waals surface area (Å²) in [5.74, 6) is -1.65. The van der Waals surface area contributed by atoms with Crippen LogP contribution in [0.1, 0.15) is 41.5 Å². The lowest BCUT2D eigenvalue weighted by Crippen LogP contribution is -2.68. The summed E-state index contributed by atoms with van der Waals surface area (Å²) in [7, 11) is -2.97. The maximum atomic E-state index is 12.1. The number of hydrogen-bond acceptors (Lipinski definition) is 8. The first-order valence-electron chi connectivity index (χ1n) is 12.4. The van der Waals surface area contributed by atoms with E-state index >= 15 is 0 Å². The zero-order chi connectivity index (χ0) is 28.1. The monoisotopic (exact) mass is 654 g/mol. The number of esters is 3. The van der Waals surface area contributed by atoms with E-state index in [0.717, 1.165) is 10.4 Å². The number of benzene rings is 2. The van der Waals surface area contributed by atoms with E-state index < -0.39 is 54.8 Å². The van der Waals surface area contributed by atoms with Crippen LogP contribution in [0.5, 0.6) is 0 Å². The molecule has 0 aliphatic carbocycles. The van der Waals surface area contributed by atoms with Crippen LogP contribution >= 0.6 is 22.6 Å². The van der Waals surface area contributed by atoms with E-state index in [2.05, 4.69) is 45.0 Å². The third-order valence-corrected chi connectivity index (χ3v) is 12.6. The Morgan fingerprint density at radius 2 is 1.24 bits per heavy atom. The van der Waals surface area contributed by atoms with Crippen molar-refractivity contribution in [2.75, 3.05) is 6.61 Å². The quantitative estimate of drug-likeness (QED) is 0.140. The molecule has 0 spiro atoms. The molecule has 0 aromatic heterocycles. The van der Waals surface area contributed by atoms with Crippen LogP contribution in [0.15, 0.2) is 60.7 Å². The second-order valence-corrected chi connectivity index (χ2v) is 16.0. The van der Waals surface area contributed by atoms with E-state index in [1.807, 2.05) is 59.0 Å². The summed E-state index contributed by atoms with van der Waals surface area (Å²) >= 11 is 1.99. The molecule has 0 saturated carbocycles. The van der Waals surface area contributed by atoms with Crippen molar-refractivity contribution in [2.45, 2.75) is 75.1 Å². The Labute approximate surface area is 238 Å². The number of carbonyl (C=O) groups is 3. The number of ether oxygens (including phenoxy) is 4.